The van der Waals surface area contributed by atoms with Crippen molar-refractivity contribution in [3.63, 3.8) is 0 Å². The van der Waals surface area contributed by atoms with Gasteiger partial charge in [0.2, 0.25) is 0 Å². The van der Waals surface area contributed by atoms with Crippen LogP contribution in [-0.4, -0.2) is 50.6 Å². The Kier molecular flexibility index (Phi) is 5.43. The molecule has 1 aromatic heterocycles. The molecule has 2 heterocycles. The molecule has 1 aliphatic heterocycles. The van der Waals surface area contributed by atoms with Gasteiger partial charge in [-0.25, -0.2) is 0 Å². The first-order valence-electron chi connectivity index (χ1n) is 7.26. The molecule has 19 heavy (non-hydrogen) atoms. The summed E-state index contributed by atoms with van der Waals surface area (Å²) in [4.78, 5) is 4.82. The highest BCUT2D eigenvalue weighted by Gasteiger charge is 2.21. The molecule has 1 aromatic rings. The van der Waals surface area contributed by atoms with Crippen LogP contribution in [0.4, 0.5) is 0 Å². The fourth-order valence-electron chi connectivity index (χ4n) is 2.90. The van der Waals surface area contributed by atoms with Crippen LogP contribution in [0.3, 0.4) is 0 Å². The van der Waals surface area contributed by atoms with Crippen LogP contribution in [0.15, 0.2) is 16.7 Å². The molecule has 0 unspecified atom stereocenters. The van der Waals surface area contributed by atoms with Gasteiger partial charge in [0.05, 0.1) is 12.8 Å². The predicted octanol–water partition coefficient (Wildman–Crippen LogP) is 1.77. The number of hydrogen-bond donors (Lipinski definition) is 1. The molecule has 1 N–H and O–H groups in total. The van der Waals surface area contributed by atoms with Crippen LogP contribution in [0.5, 0.6) is 0 Å². The summed E-state index contributed by atoms with van der Waals surface area (Å²) >= 11 is 0. The lowest BCUT2D eigenvalue weighted by Gasteiger charge is -2.32. The average molecular weight is 265 g/mol. The second kappa shape index (κ2) is 7.08. The highest BCUT2D eigenvalue weighted by molar-refractivity contribution is 5.16. The third-order valence-corrected chi connectivity index (χ3v) is 3.90. The van der Waals surface area contributed by atoms with Gasteiger partial charge in [-0.1, -0.05) is 0 Å². The number of hydrogen-bond acceptors (Lipinski definition) is 4. The second-order valence-electron chi connectivity index (χ2n) is 5.88. The third-order valence-electron chi connectivity index (χ3n) is 3.90. The Hall–Kier alpha value is -0.840. The summed E-state index contributed by atoms with van der Waals surface area (Å²) in [5.41, 5.74) is 1.29. The van der Waals surface area contributed by atoms with E-state index in [0.29, 0.717) is 0 Å². The van der Waals surface area contributed by atoms with E-state index in [1.165, 1.54) is 38.0 Å². The van der Waals surface area contributed by atoms with E-state index in [9.17, 15) is 0 Å². The second-order valence-corrected chi connectivity index (χ2v) is 5.88. The Balaban J connectivity index is 1.80. The molecule has 0 saturated carbocycles. The number of nitrogens with zero attached hydrogens (tertiary/aromatic N) is 2. The van der Waals surface area contributed by atoms with Crippen LogP contribution in [0.1, 0.15) is 24.2 Å². The van der Waals surface area contributed by atoms with Gasteiger partial charge in [-0.05, 0) is 59.1 Å². The highest BCUT2D eigenvalue weighted by Crippen LogP contribution is 2.21. The molecule has 1 aliphatic rings. The smallest absolute Gasteiger partial charge is 0.122 e. The molecule has 4 nitrogen and oxygen atoms in total. The zero-order valence-corrected chi connectivity index (χ0v) is 12.5. The van der Waals surface area contributed by atoms with Crippen molar-refractivity contribution in [3.8, 4) is 0 Å². The summed E-state index contributed by atoms with van der Waals surface area (Å²) < 4.78 is 5.62. The Morgan fingerprint density at radius 3 is 2.74 bits per heavy atom. The summed E-state index contributed by atoms with van der Waals surface area (Å²) in [6.45, 7) is 5.46. The van der Waals surface area contributed by atoms with E-state index in [1.54, 1.807) is 6.26 Å². The van der Waals surface area contributed by atoms with Gasteiger partial charge in [0, 0.05) is 18.7 Å². The number of rotatable bonds is 6. The lowest BCUT2D eigenvalue weighted by Crippen LogP contribution is -2.36. The molecule has 1 fully saturated rings. The minimum absolute atomic E-state index is 0.861. The van der Waals surface area contributed by atoms with E-state index in [4.69, 9.17) is 4.42 Å². The lowest BCUT2D eigenvalue weighted by atomic mass is 9.96. The zero-order valence-electron chi connectivity index (χ0n) is 12.5. The molecule has 108 valence electrons. The Morgan fingerprint density at radius 1 is 1.37 bits per heavy atom. The van der Waals surface area contributed by atoms with E-state index in [2.05, 4.69) is 35.3 Å². The highest BCUT2D eigenvalue weighted by atomic mass is 16.3. The van der Waals surface area contributed by atoms with E-state index < -0.39 is 0 Å². The molecular formula is C15H27N3O. The molecule has 0 aliphatic carbocycles. The maximum Gasteiger partial charge on any atom is 0.122 e. The average Bonchev–Trinajstić information content (AvgIpc) is 2.79. The molecule has 1 saturated heterocycles. The molecule has 2 rings (SSSR count). The van der Waals surface area contributed by atoms with Crippen LogP contribution in [0.2, 0.25) is 0 Å². The monoisotopic (exact) mass is 265 g/mol. The van der Waals surface area contributed by atoms with Crippen molar-refractivity contribution in [2.45, 2.75) is 25.9 Å². The largest absolute Gasteiger partial charge is 0.468 e. The molecule has 0 aromatic carbocycles. The quantitative estimate of drug-likeness (QED) is 0.849. The number of piperidine rings is 1. The van der Waals surface area contributed by atoms with Crippen molar-refractivity contribution < 1.29 is 4.42 Å². The van der Waals surface area contributed by atoms with Gasteiger partial charge in [0.25, 0.3) is 0 Å². The zero-order chi connectivity index (χ0) is 13.7. The summed E-state index contributed by atoms with van der Waals surface area (Å²) in [6, 6.07) is 2.07. The van der Waals surface area contributed by atoms with E-state index in [-0.39, 0.29) is 0 Å². The van der Waals surface area contributed by atoms with Gasteiger partial charge in [0.1, 0.15) is 5.76 Å². The van der Waals surface area contributed by atoms with Gasteiger partial charge in [-0.15, -0.1) is 0 Å². The van der Waals surface area contributed by atoms with Gasteiger partial charge >= 0.3 is 0 Å². The van der Waals surface area contributed by atoms with Crippen LogP contribution < -0.4 is 5.32 Å². The first-order chi connectivity index (χ1) is 9.19. The summed E-state index contributed by atoms with van der Waals surface area (Å²) in [5.74, 6) is 1.99. The molecule has 0 atom stereocenters. The van der Waals surface area contributed by atoms with Crippen LogP contribution in [0.25, 0.3) is 0 Å². The minimum Gasteiger partial charge on any atom is -0.468 e. The van der Waals surface area contributed by atoms with E-state index >= 15 is 0 Å². The maximum atomic E-state index is 5.62. The standard InChI is InChI=1S/C15H27N3O/c1-16-10-14-6-9-19-15(14)12-18-7-4-13(5-8-18)11-17(2)3/h6,9,13,16H,4-5,7-8,10-12H2,1-3H3. The molecule has 0 radical (unpaired) electrons. The molecule has 4 heteroatoms. The van der Waals surface area contributed by atoms with E-state index in [1.807, 2.05) is 7.05 Å². The predicted molar refractivity (Wildman–Crippen MR) is 78.0 cm³/mol. The van der Waals surface area contributed by atoms with Crippen molar-refractivity contribution >= 4 is 0 Å². The van der Waals surface area contributed by atoms with Crippen molar-refractivity contribution in [3.05, 3.63) is 23.7 Å². The van der Waals surface area contributed by atoms with Gasteiger partial charge in [-0.3, -0.25) is 4.90 Å². The Morgan fingerprint density at radius 2 is 2.11 bits per heavy atom. The van der Waals surface area contributed by atoms with Gasteiger partial charge < -0.3 is 14.6 Å². The molecular weight excluding hydrogens is 238 g/mol. The lowest BCUT2D eigenvalue weighted by molar-refractivity contribution is 0.148. The number of nitrogens with one attached hydrogen (secondary N) is 1. The third kappa shape index (κ3) is 4.34. The maximum absolute atomic E-state index is 5.62. The summed E-state index contributed by atoms with van der Waals surface area (Å²) in [6.07, 6.45) is 4.42. The van der Waals surface area contributed by atoms with Crippen molar-refractivity contribution in [2.75, 3.05) is 40.8 Å². The fraction of sp³-hybridized carbons (Fsp3) is 0.733. The Bertz CT molecular complexity index is 367. The van der Waals surface area contributed by atoms with E-state index in [0.717, 1.165) is 24.8 Å². The van der Waals surface area contributed by atoms with Crippen LogP contribution >= 0.6 is 0 Å². The van der Waals surface area contributed by atoms with Crippen LogP contribution in [0, 0.1) is 5.92 Å². The van der Waals surface area contributed by atoms with Crippen molar-refractivity contribution in [1.82, 2.24) is 15.1 Å². The van der Waals surface area contributed by atoms with Crippen molar-refractivity contribution in [1.29, 1.82) is 0 Å². The van der Waals surface area contributed by atoms with Gasteiger partial charge in [0.15, 0.2) is 0 Å². The van der Waals surface area contributed by atoms with Gasteiger partial charge in [-0.2, -0.15) is 0 Å². The SMILES string of the molecule is CNCc1ccoc1CN1CCC(CN(C)C)CC1. The normalized spacial score (nSPS) is 18.3. The minimum atomic E-state index is 0.861. The Labute approximate surface area is 116 Å². The molecule has 0 amide bonds. The molecule has 0 bridgehead atoms. The van der Waals surface area contributed by atoms with Crippen LogP contribution in [-0.2, 0) is 13.1 Å². The summed E-state index contributed by atoms with van der Waals surface area (Å²) in [7, 11) is 6.31. The first kappa shape index (κ1) is 14.6. The first-order valence-corrected chi connectivity index (χ1v) is 7.26. The summed E-state index contributed by atoms with van der Waals surface area (Å²) in [5, 5.41) is 3.19. The molecule has 0 spiro atoms. The van der Waals surface area contributed by atoms with Crippen molar-refractivity contribution in [2.24, 2.45) is 5.92 Å². The number of furan rings is 1. The number of likely N-dealkylation sites (tertiary alicyclic amines) is 1. The topological polar surface area (TPSA) is 31.7 Å². The fourth-order valence-corrected chi connectivity index (χ4v) is 2.90.